The van der Waals surface area contributed by atoms with Crippen molar-refractivity contribution in [1.29, 1.82) is 5.26 Å². The van der Waals surface area contributed by atoms with E-state index in [0.29, 0.717) is 30.1 Å². The van der Waals surface area contributed by atoms with Gasteiger partial charge in [0.25, 0.3) is 10.0 Å². The van der Waals surface area contributed by atoms with Crippen molar-refractivity contribution < 1.29 is 31.4 Å². The lowest BCUT2D eigenvalue weighted by atomic mass is 9.99. The first-order valence-electron chi connectivity index (χ1n) is 15.8. The Morgan fingerprint density at radius 2 is 1.60 bits per heavy atom. The Hall–Kier alpha value is -4.28. The Labute approximate surface area is 305 Å². The molecule has 0 aliphatic heterocycles. The Morgan fingerprint density at radius 1 is 0.904 bits per heavy atom. The molecule has 0 amide bonds. The highest BCUT2D eigenvalue weighted by Gasteiger charge is 2.27. The molecule has 1 N–H and O–H groups in total. The van der Waals surface area contributed by atoms with Gasteiger partial charge in [0.1, 0.15) is 42.1 Å². The van der Waals surface area contributed by atoms with Crippen LogP contribution in [0.15, 0.2) is 53.9 Å². The molecule has 18 heteroatoms. The monoisotopic (exact) mass is 776 g/mol. The highest BCUT2D eigenvalue weighted by atomic mass is 32.3. The fraction of sp³-hybridized carbons (Fsp3) is 0.382. The van der Waals surface area contributed by atoms with Gasteiger partial charge in [0.2, 0.25) is 5.88 Å². The van der Waals surface area contributed by atoms with Gasteiger partial charge in [-0.05, 0) is 49.7 Å². The summed E-state index contributed by atoms with van der Waals surface area (Å²) in [5, 5.41) is 15.4. The first-order chi connectivity index (χ1) is 24.5. The molecule has 0 saturated heterocycles. The van der Waals surface area contributed by atoms with E-state index in [4.69, 9.17) is 19.3 Å². The molecule has 4 aromatic heterocycles. The third kappa shape index (κ3) is 9.01. The maximum Gasteiger partial charge on any atom is 0.268 e. The van der Waals surface area contributed by atoms with Gasteiger partial charge in [0, 0.05) is 52.7 Å². The van der Waals surface area contributed by atoms with Crippen molar-refractivity contribution in [2.45, 2.75) is 18.4 Å². The number of anilines is 1. The summed E-state index contributed by atoms with van der Waals surface area (Å²) in [6.07, 6.45) is 18.6. The molecule has 0 aliphatic rings. The zero-order valence-corrected chi connectivity index (χ0v) is 32.5. The van der Waals surface area contributed by atoms with Gasteiger partial charge in [-0.3, -0.25) is 4.72 Å². The lowest BCUT2D eigenvalue weighted by molar-refractivity contribution is 0.0836. The molecular formula is C34H42F2N8O5S3. The summed E-state index contributed by atoms with van der Waals surface area (Å²) in [5.41, 5.74) is 0.275. The van der Waals surface area contributed by atoms with E-state index in [0.717, 1.165) is 23.8 Å². The fourth-order valence-corrected chi connectivity index (χ4v) is 7.46. The molecule has 5 aromatic rings. The maximum absolute atomic E-state index is 16.9. The first kappa shape index (κ1) is 38.9. The van der Waals surface area contributed by atoms with Gasteiger partial charge < -0.3 is 18.8 Å². The zero-order chi connectivity index (χ0) is 37.8. The molecule has 0 fully saturated rings. The lowest BCUT2D eigenvalue weighted by Gasteiger charge is -2.24. The van der Waals surface area contributed by atoms with Crippen molar-refractivity contribution in [3.05, 3.63) is 66.3 Å². The van der Waals surface area contributed by atoms with Gasteiger partial charge in [-0.25, -0.2) is 56.9 Å². The largest absolute Gasteiger partial charge is 0.480 e. The van der Waals surface area contributed by atoms with Crippen LogP contribution in [0.3, 0.4) is 0 Å². The number of fused-ring (bicyclic) bond motifs is 1. The molecule has 13 nitrogen and oxygen atoms in total. The molecule has 0 spiro atoms. The summed E-state index contributed by atoms with van der Waals surface area (Å²) in [7, 11) is -4.96. The molecule has 0 unspecified atom stereocenters. The number of hydrogen-bond donors (Lipinski definition) is 1. The zero-order valence-electron chi connectivity index (χ0n) is 30.0. The summed E-state index contributed by atoms with van der Waals surface area (Å²) in [6.45, 7) is 1.18. The fourth-order valence-electron chi connectivity index (χ4n) is 5.07. The van der Waals surface area contributed by atoms with Gasteiger partial charge in [0.15, 0.2) is 22.4 Å². The number of pyridine rings is 2. The standard InChI is InChI=1S/C34H42F2N8O5S3/c1-47-34-28(18-23(35)20-40-34)52(45,46)42-32-27(19-37)24(10-11-38-32)25-8-9-26-30(33-39-12-13-43(33)21-48-14-16-50(2,3)4)41-44(31(26)29(25)36)22-49-15-17-51(5,6)7/h8-13,18,20H,14-17,21-22H2,1-7H3,(H,38,42). The Balaban J connectivity index is 1.57. The first-order valence-corrected chi connectivity index (χ1v) is 23.4. The van der Waals surface area contributed by atoms with Crippen LogP contribution < -0.4 is 9.46 Å². The number of aromatic nitrogens is 6. The van der Waals surface area contributed by atoms with E-state index >= 15 is 4.39 Å². The van der Waals surface area contributed by atoms with Crippen molar-refractivity contribution in [1.82, 2.24) is 29.3 Å². The van der Waals surface area contributed by atoms with Crippen molar-refractivity contribution in [2.24, 2.45) is 0 Å². The number of methoxy groups -OCH3 is 1. The van der Waals surface area contributed by atoms with E-state index in [-0.39, 0.29) is 41.5 Å². The number of sulfonamides is 1. The minimum Gasteiger partial charge on any atom is -0.480 e. The molecule has 0 atom stereocenters. The minimum atomic E-state index is -4.56. The molecule has 0 saturated carbocycles. The number of nitrogens with one attached hydrogen (secondary N) is 1. The molecule has 0 aliphatic carbocycles. The molecular weight excluding hydrogens is 735 g/mol. The minimum absolute atomic E-state index is 0.0138. The second-order valence-electron chi connectivity index (χ2n) is 13.5. The summed E-state index contributed by atoms with van der Waals surface area (Å²) in [6, 6.07) is 7.23. The van der Waals surface area contributed by atoms with E-state index in [1.807, 2.05) is 6.07 Å². The van der Waals surface area contributed by atoms with Crippen LogP contribution in [0, 0.1) is 23.0 Å². The molecule has 4 heterocycles. The van der Waals surface area contributed by atoms with Gasteiger partial charge >= 0.3 is 0 Å². The summed E-state index contributed by atoms with van der Waals surface area (Å²) in [4.78, 5) is 11.6. The number of nitriles is 1. The van der Waals surface area contributed by atoms with E-state index in [1.54, 1.807) is 23.0 Å². The summed E-state index contributed by atoms with van der Waals surface area (Å²) < 4.78 is 80.0. The van der Waals surface area contributed by atoms with Crippen LogP contribution in [-0.2, 0) is 33.0 Å². The Morgan fingerprint density at radius 3 is 2.25 bits per heavy atom. The summed E-state index contributed by atoms with van der Waals surface area (Å²) >= 11 is 0. The van der Waals surface area contributed by atoms with Crippen molar-refractivity contribution >= 4 is 46.8 Å². The number of rotatable bonds is 16. The van der Waals surface area contributed by atoms with Crippen LogP contribution in [0.2, 0.25) is 0 Å². The molecule has 0 bridgehead atoms. The lowest BCUT2D eigenvalue weighted by Crippen LogP contribution is -2.17. The van der Waals surface area contributed by atoms with E-state index in [2.05, 4.69) is 57.2 Å². The molecule has 280 valence electrons. The van der Waals surface area contributed by atoms with E-state index < -0.39 is 52.4 Å². The number of benzene rings is 1. The van der Waals surface area contributed by atoms with Gasteiger partial charge in [-0.15, -0.1) is 0 Å². The van der Waals surface area contributed by atoms with Crippen molar-refractivity contribution in [2.75, 3.05) is 74.1 Å². The van der Waals surface area contributed by atoms with Crippen LogP contribution in [0.5, 0.6) is 5.88 Å². The quantitative estimate of drug-likeness (QED) is 0.124. The van der Waals surface area contributed by atoms with E-state index in [9.17, 15) is 18.1 Å². The van der Waals surface area contributed by atoms with Gasteiger partial charge in [-0.2, -0.15) is 10.4 Å². The number of nitrogens with zero attached hydrogens (tertiary/aromatic N) is 7. The molecule has 0 radical (unpaired) electrons. The highest BCUT2D eigenvalue weighted by Crippen LogP contribution is 2.38. The predicted octanol–water partition coefficient (Wildman–Crippen LogP) is 5.65. The number of halogens is 2. The van der Waals surface area contributed by atoms with Crippen LogP contribution in [0.4, 0.5) is 14.6 Å². The van der Waals surface area contributed by atoms with Crippen LogP contribution in [0.25, 0.3) is 33.5 Å². The predicted molar refractivity (Wildman–Crippen MR) is 203 cm³/mol. The second-order valence-corrected chi connectivity index (χ2v) is 24.3. The normalized spacial score (nSPS) is 12.9. The van der Waals surface area contributed by atoms with E-state index in [1.165, 1.54) is 30.1 Å². The maximum atomic E-state index is 16.9. The molecule has 5 rings (SSSR count). The van der Waals surface area contributed by atoms with Crippen molar-refractivity contribution in [3.63, 3.8) is 0 Å². The smallest absolute Gasteiger partial charge is 0.268 e. The SMILES string of the molecule is COc1ncc(F)cc1S(=O)(=O)Nc1nccc(-c2ccc3c(-c4nccn4COCCS(C)(C)C)nn(COCCS(C)(C)C)c3c2F)c1C#N. The number of ether oxygens (including phenoxy) is 3. The third-order valence-corrected chi connectivity index (χ3v) is 11.9. The average molecular weight is 777 g/mol. The van der Waals surface area contributed by atoms with Crippen LogP contribution >= 0.6 is 20.1 Å². The Bertz CT molecular complexity index is 2220. The third-order valence-electron chi connectivity index (χ3n) is 7.75. The number of imidazole rings is 1. The van der Waals surface area contributed by atoms with Gasteiger partial charge in [-0.1, -0.05) is 6.07 Å². The van der Waals surface area contributed by atoms with Gasteiger partial charge in [0.05, 0.1) is 26.5 Å². The molecule has 1 aromatic carbocycles. The molecule has 52 heavy (non-hydrogen) atoms. The topological polar surface area (TPSA) is 159 Å². The number of hydrogen-bond acceptors (Lipinski definition) is 10. The summed E-state index contributed by atoms with van der Waals surface area (Å²) in [5.74, 6) is -0.167. The Kier molecular flexibility index (Phi) is 11.8. The average Bonchev–Trinajstić information content (AvgIpc) is 3.69. The van der Waals surface area contributed by atoms with Crippen LogP contribution in [0.1, 0.15) is 5.56 Å². The van der Waals surface area contributed by atoms with Crippen molar-refractivity contribution in [3.8, 4) is 34.6 Å². The second kappa shape index (κ2) is 15.8. The van der Waals surface area contributed by atoms with Crippen LogP contribution in [-0.4, -0.2) is 107 Å². The highest BCUT2D eigenvalue weighted by molar-refractivity contribution is 8.32.